The number of rotatable bonds is 2. The van der Waals surface area contributed by atoms with Crippen molar-refractivity contribution in [3.05, 3.63) is 71.3 Å². The fraction of sp³-hybridized carbons (Fsp3) is 0.364. The molecule has 1 fully saturated rings. The van der Waals surface area contributed by atoms with E-state index in [0.29, 0.717) is 6.04 Å². The highest BCUT2D eigenvalue weighted by molar-refractivity contribution is 8.08. The summed E-state index contributed by atoms with van der Waals surface area (Å²) in [6.07, 6.45) is 8.77. The summed E-state index contributed by atoms with van der Waals surface area (Å²) in [7, 11) is 2.28. The lowest BCUT2D eigenvalue weighted by atomic mass is 9.97. The first-order valence-corrected chi connectivity index (χ1v) is 9.87. The number of fused-ring (bicyclic) bond motifs is 2. The molecule has 0 amide bonds. The van der Waals surface area contributed by atoms with Gasteiger partial charge in [0.1, 0.15) is 0 Å². The molecule has 1 nitrogen and oxygen atoms in total. The van der Waals surface area contributed by atoms with Crippen molar-refractivity contribution in [3.63, 3.8) is 0 Å². The molecule has 0 aromatic heterocycles. The summed E-state index contributed by atoms with van der Waals surface area (Å²) >= 11 is 1.95. The van der Waals surface area contributed by atoms with Crippen LogP contribution in [0.2, 0.25) is 0 Å². The molecular weight excluding hydrogens is 346 g/mol. The largest absolute Gasteiger partial charge is 0.303 e. The second kappa shape index (κ2) is 8.44. The highest BCUT2D eigenvalue weighted by atomic mass is 35.5. The molecule has 2 aliphatic rings. The Hall–Kier alpha value is -1.22. The third-order valence-electron chi connectivity index (χ3n) is 5.35. The molecule has 1 saturated heterocycles. The van der Waals surface area contributed by atoms with Crippen molar-refractivity contribution in [2.75, 3.05) is 13.6 Å². The second-order valence-electron chi connectivity index (χ2n) is 6.98. The molecule has 2 heterocycles. The summed E-state index contributed by atoms with van der Waals surface area (Å²) in [6, 6.07) is 18.5. The summed E-state index contributed by atoms with van der Waals surface area (Å²) in [6.45, 7) is 1.25. The highest BCUT2D eigenvalue weighted by Crippen LogP contribution is 2.42. The number of hydrogen-bond acceptors (Lipinski definition) is 2. The maximum atomic E-state index is 2.54. The normalized spacial score (nSPS) is 21.8. The van der Waals surface area contributed by atoms with Gasteiger partial charge >= 0.3 is 0 Å². The topological polar surface area (TPSA) is 3.24 Å². The molecule has 0 radical (unpaired) electrons. The predicted octanol–water partition coefficient (Wildman–Crippen LogP) is 6.02. The standard InChI is InChI=1S/C22H25NS.ClH/c1-23-15-7-6-10-19(23)13-14-22-20-11-4-2-8-17(20)16-18-9-3-5-12-21(18)24-22;/h2-5,8-9,11-12,14,19H,6-7,10,13,15-16H2,1H3;1H/b22-14+;. The van der Waals surface area contributed by atoms with Gasteiger partial charge in [-0.1, -0.05) is 66.7 Å². The van der Waals surface area contributed by atoms with Crippen LogP contribution in [0.25, 0.3) is 4.91 Å². The molecule has 3 heteroatoms. The minimum absolute atomic E-state index is 0. The van der Waals surface area contributed by atoms with Gasteiger partial charge in [-0.05, 0) is 62.0 Å². The molecule has 2 aromatic carbocycles. The number of benzene rings is 2. The van der Waals surface area contributed by atoms with Gasteiger partial charge in [0.15, 0.2) is 0 Å². The van der Waals surface area contributed by atoms with Crippen molar-refractivity contribution >= 4 is 29.1 Å². The zero-order valence-electron chi connectivity index (χ0n) is 14.8. The molecule has 1 atom stereocenters. The van der Waals surface area contributed by atoms with E-state index in [1.54, 1.807) is 0 Å². The van der Waals surface area contributed by atoms with Gasteiger partial charge in [0.2, 0.25) is 0 Å². The van der Waals surface area contributed by atoms with E-state index in [-0.39, 0.29) is 12.4 Å². The lowest BCUT2D eigenvalue weighted by molar-refractivity contribution is 0.187. The van der Waals surface area contributed by atoms with E-state index in [9.17, 15) is 0 Å². The number of hydrogen-bond donors (Lipinski definition) is 0. The summed E-state index contributed by atoms with van der Waals surface area (Å²) < 4.78 is 0. The van der Waals surface area contributed by atoms with Gasteiger partial charge in [0, 0.05) is 15.8 Å². The zero-order chi connectivity index (χ0) is 16.4. The van der Waals surface area contributed by atoms with Crippen LogP contribution in [0.1, 0.15) is 42.4 Å². The lowest BCUT2D eigenvalue weighted by Crippen LogP contribution is -2.35. The SMILES string of the molecule is CN1CCCCC1C/C=C1/Sc2ccccc2Cc2ccccc21.Cl. The maximum absolute atomic E-state index is 2.54. The fourth-order valence-electron chi connectivity index (χ4n) is 3.88. The van der Waals surface area contributed by atoms with Gasteiger partial charge in [0.05, 0.1) is 0 Å². The fourth-order valence-corrected chi connectivity index (χ4v) is 5.02. The average Bonchev–Trinajstić information content (AvgIpc) is 2.77. The average molecular weight is 372 g/mol. The Labute approximate surface area is 161 Å². The van der Waals surface area contributed by atoms with Crippen molar-refractivity contribution < 1.29 is 0 Å². The number of piperidine rings is 1. The van der Waals surface area contributed by atoms with Gasteiger partial charge in [-0.2, -0.15) is 0 Å². The molecule has 1 unspecified atom stereocenters. The first-order valence-electron chi connectivity index (χ1n) is 9.06. The van der Waals surface area contributed by atoms with Crippen molar-refractivity contribution in [3.8, 4) is 0 Å². The third kappa shape index (κ3) is 4.13. The first-order chi connectivity index (χ1) is 11.8. The Balaban J connectivity index is 0.00000182. The molecule has 0 N–H and O–H groups in total. The third-order valence-corrected chi connectivity index (χ3v) is 6.58. The Kier molecular flexibility index (Phi) is 6.27. The van der Waals surface area contributed by atoms with E-state index in [2.05, 4.69) is 66.6 Å². The molecule has 4 rings (SSSR count). The minimum atomic E-state index is 0. The Morgan fingerprint density at radius 2 is 1.80 bits per heavy atom. The highest BCUT2D eigenvalue weighted by Gasteiger charge is 2.20. The molecule has 2 aliphatic heterocycles. The number of thioether (sulfide) groups is 1. The van der Waals surface area contributed by atoms with Crippen molar-refractivity contribution in [1.29, 1.82) is 0 Å². The van der Waals surface area contributed by atoms with E-state index in [0.717, 1.165) is 12.8 Å². The smallest absolute Gasteiger partial charge is 0.0158 e. The molecular formula is C22H26ClNS. The second-order valence-corrected chi connectivity index (χ2v) is 8.06. The van der Waals surface area contributed by atoms with Gasteiger partial charge in [-0.3, -0.25) is 0 Å². The van der Waals surface area contributed by atoms with Crippen LogP contribution in [0.5, 0.6) is 0 Å². The molecule has 0 aliphatic carbocycles. The number of likely N-dealkylation sites (tertiary alicyclic amines) is 1. The van der Waals surface area contributed by atoms with Gasteiger partial charge < -0.3 is 4.90 Å². The molecule has 2 aromatic rings. The first kappa shape index (κ1) is 18.6. The monoisotopic (exact) mass is 371 g/mol. The van der Waals surface area contributed by atoms with Crippen LogP contribution in [0.15, 0.2) is 59.5 Å². The summed E-state index contributed by atoms with van der Waals surface area (Å²) in [5, 5.41) is 0. The van der Waals surface area contributed by atoms with Crippen LogP contribution in [0.4, 0.5) is 0 Å². The van der Waals surface area contributed by atoms with Crippen LogP contribution in [0.3, 0.4) is 0 Å². The van der Waals surface area contributed by atoms with Crippen LogP contribution in [-0.2, 0) is 6.42 Å². The van der Waals surface area contributed by atoms with E-state index >= 15 is 0 Å². The van der Waals surface area contributed by atoms with Crippen LogP contribution >= 0.6 is 24.2 Å². The minimum Gasteiger partial charge on any atom is -0.303 e. The number of halogens is 1. The van der Waals surface area contributed by atoms with Gasteiger partial charge in [0.25, 0.3) is 0 Å². The van der Waals surface area contributed by atoms with Crippen molar-refractivity contribution in [1.82, 2.24) is 4.90 Å². The quantitative estimate of drug-likeness (QED) is 0.634. The van der Waals surface area contributed by atoms with Crippen LogP contribution < -0.4 is 0 Å². The van der Waals surface area contributed by atoms with E-state index in [4.69, 9.17) is 0 Å². The molecule has 0 spiro atoms. The summed E-state index contributed by atoms with van der Waals surface area (Å²) in [5.74, 6) is 0. The van der Waals surface area contributed by atoms with E-state index < -0.39 is 0 Å². The molecule has 0 saturated carbocycles. The zero-order valence-corrected chi connectivity index (χ0v) is 16.4. The van der Waals surface area contributed by atoms with Gasteiger partial charge in [-0.25, -0.2) is 0 Å². The van der Waals surface area contributed by atoms with Crippen LogP contribution in [-0.4, -0.2) is 24.5 Å². The van der Waals surface area contributed by atoms with Gasteiger partial charge in [-0.15, -0.1) is 12.4 Å². The summed E-state index contributed by atoms with van der Waals surface area (Å²) in [4.78, 5) is 5.40. The molecule has 25 heavy (non-hydrogen) atoms. The van der Waals surface area contributed by atoms with E-state index in [1.165, 1.54) is 52.3 Å². The van der Waals surface area contributed by atoms with Crippen molar-refractivity contribution in [2.45, 2.75) is 43.0 Å². The summed E-state index contributed by atoms with van der Waals surface area (Å²) in [5.41, 5.74) is 4.34. The van der Waals surface area contributed by atoms with Crippen LogP contribution in [0, 0.1) is 0 Å². The predicted molar refractivity (Wildman–Crippen MR) is 112 cm³/mol. The molecule has 132 valence electrons. The Morgan fingerprint density at radius 1 is 1.04 bits per heavy atom. The Morgan fingerprint density at radius 3 is 2.64 bits per heavy atom. The molecule has 0 bridgehead atoms. The number of nitrogens with zero attached hydrogens (tertiary/aromatic N) is 1. The van der Waals surface area contributed by atoms with E-state index in [1.807, 2.05) is 11.8 Å². The Bertz CT molecular complexity index is 755. The maximum Gasteiger partial charge on any atom is 0.0158 e. The lowest BCUT2D eigenvalue weighted by Gasteiger charge is -2.31. The van der Waals surface area contributed by atoms with Crippen molar-refractivity contribution in [2.24, 2.45) is 0 Å².